The molecule has 4 heteroatoms. The minimum Gasteiger partial charge on any atom is -0.366 e. The van der Waals surface area contributed by atoms with Crippen molar-refractivity contribution < 1.29 is 4.39 Å². The quantitative estimate of drug-likeness (QED) is 0.889. The summed E-state index contributed by atoms with van der Waals surface area (Å²) in [7, 11) is 0. The molecule has 1 aromatic rings. The van der Waals surface area contributed by atoms with E-state index in [4.69, 9.17) is 0 Å². The van der Waals surface area contributed by atoms with Gasteiger partial charge in [-0.25, -0.2) is 4.39 Å². The molecule has 2 rings (SSSR count). The van der Waals surface area contributed by atoms with Gasteiger partial charge in [0.2, 0.25) is 0 Å². The first-order valence-electron chi connectivity index (χ1n) is 6.43. The fourth-order valence-electron chi connectivity index (χ4n) is 2.43. The van der Waals surface area contributed by atoms with E-state index in [0.717, 1.165) is 23.5 Å². The van der Waals surface area contributed by atoms with Crippen LogP contribution in [0.2, 0.25) is 0 Å². The Morgan fingerprint density at radius 2 is 2.11 bits per heavy atom. The third-order valence-corrected chi connectivity index (χ3v) is 5.07. The van der Waals surface area contributed by atoms with Gasteiger partial charge in [-0.15, -0.1) is 0 Å². The minimum atomic E-state index is -0.643. The minimum absolute atomic E-state index is 0.132. The number of hydrogen-bond acceptors (Lipinski definition) is 3. The van der Waals surface area contributed by atoms with Crippen LogP contribution in [0.4, 0.5) is 10.1 Å². The van der Waals surface area contributed by atoms with Crippen LogP contribution in [0.1, 0.15) is 25.8 Å². The highest BCUT2D eigenvalue weighted by Crippen LogP contribution is 2.44. The van der Waals surface area contributed by atoms with E-state index >= 15 is 0 Å². The number of benzene rings is 1. The molecular formula is C15H19FN2S. The molecule has 0 saturated carbocycles. The Balaban J connectivity index is 2.35. The zero-order chi connectivity index (χ0) is 14.1. The van der Waals surface area contributed by atoms with Gasteiger partial charge in [0, 0.05) is 16.9 Å². The van der Waals surface area contributed by atoms with Gasteiger partial charge in [0.1, 0.15) is 11.4 Å². The van der Waals surface area contributed by atoms with Crippen LogP contribution in [0.15, 0.2) is 18.2 Å². The van der Waals surface area contributed by atoms with Crippen molar-refractivity contribution in [1.82, 2.24) is 0 Å². The third-order valence-electron chi connectivity index (χ3n) is 3.94. The molecule has 1 atom stereocenters. The van der Waals surface area contributed by atoms with Crippen molar-refractivity contribution in [2.75, 3.05) is 16.8 Å². The van der Waals surface area contributed by atoms with Crippen LogP contribution in [0.25, 0.3) is 0 Å². The second-order valence-electron chi connectivity index (χ2n) is 5.85. The predicted octanol–water partition coefficient (Wildman–Crippen LogP) is 3.97. The normalized spacial score (nSPS) is 25.6. The van der Waals surface area contributed by atoms with Gasteiger partial charge in [-0.05, 0) is 42.9 Å². The van der Waals surface area contributed by atoms with Gasteiger partial charge in [0.05, 0.1) is 6.07 Å². The van der Waals surface area contributed by atoms with Crippen molar-refractivity contribution in [3.8, 4) is 6.07 Å². The Hall–Kier alpha value is -1.21. The molecule has 1 unspecified atom stereocenters. The predicted molar refractivity (Wildman–Crippen MR) is 78.8 cm³/mol. The van der Waals surface area contributed by atoms with Gasteiger partial charge in [-0.2, -0.15) is 17.0 Å². The molecule has 0 radical (unpaired) electrons. The summed E-state index contributed by atoms with van der Waals surface area (Å²) < 4.78 is 13.5. The number of hydrogen-bond donors (Lipinski definition) is 1. The third kappa shape index (κ3) is 2.71. The zero-order valence-electron chi connectivity index (χ0n) is 11.6. The number of nitriles is 1. The van der Waals surface area contributed by atoms with Gasteiger partial charge in [-0.1, -0.05) is 13.8 Å². The largest absolute Gasteiger partial charge is 0.366 e. The van der Waals surface area contributed by atoms with E-state index in [1.165, 1.54) is 12.1 Å². The average molecular weight is 278 g/mol. The highest BCUT2D eigenvalue weighted by Gasteiger charge is 2.47. The average Bonchev–Trinajstić information content (AvgIpc) is 2.30. The molecule has 0 bridgehead atoms. The van der Waals surface area contributed by atoms with Crippen molar-refractivity contribution in [2.45, 2.75) is 32.7 Å². The first-order valence-corrected chi connectivity index (χ1v) is 7.58. The Morgan fingerprint density at radius 1 is 1.37 bits per heavy atom. The van der Waals surface area contributed by atoms with Crippen LogP contribution in [-0.4, -0.2) is 17.0 Å². The van der Waals surface area contributed by atoms with E-state index in [1.54, 1.807) is 11.8 Å². The molecule has 0 aliphatic carbocycles. The van der Waals surface area contributed by atoms with Gasteiger partial charge >= 0.3 is 0 Å². The molecule has 1 N–H and O–H groups in total. The molecule has 1 aromatic carbocycles. The number of rotatable bonds is 2. The highest BCUT2D eigenvalue weighted by molar-refractivity contribution is 7.99. The van der Waals surface area contributed by atoms with E-state index in [1.807, 2.05) is 13.0 Å². The molecule has 1 aliphatic rings. The van der Waals surface area contributed by atoms with Crippen molar-refractivity contribution in [3.05, 3.63) is 29.6 Å². The Kier molecular flexibility index (Phi) is 3.78. The molecule has 0 aromatic heterocycles. The second kappa shape index (κ2) is 5.05. The number of thioether (sulfide) groups is 1. The lowest BCUT2D eigenvalue weighted by Crippen LogP contribution is -2.54. The number of nitrogens with one attached hydrogen (secondary N) is 1. The summed E-state index contributed by atoms with van der Waals surface area (Å²) in [4.78, 5) is 0. The van der Waals surface area contributed by atoms with E-state index in [2.05, 4.69) is 25.2 Å². The topological polar surface area (TPSA) is 35.8 Å². The van der Waals surface area contributed by atoms with E-state index in [9.17, 15) is 9.65 Å². The summed E-state index contributed by atoms with van der Waals surface area (Å²) in [5, 5.41) is 13.0. The van der Waals surface area contributed by atoms with E-state index in [0.29, 0.717) is 5.69 Å². The monoisotopic (exact) mass is 278 g/mol. The highest BCUT2D eigenvalue weighted by atomic mass is 32.2. The Bertz CT molecular complexity index is 501. The smallest absolute Gasteiger partial charge is 0.139 e. The van der Waals surface area contributed by atoms with Crippen molar-refractivity contribution in [3.63, 3.8) is 0 Å². The van der Waals surface area contributed by atoms with E-state index in [-0.39, 0.29) is 11.2 Å². The summed E-state index contributed by atoms with van der Waals surface area (Å²) in [6.45, 7) is 6.07. The number of anilines is 1. The maximum absolute atomic E-state index is 13.5. The number of nitrogens with zero attached hydrogens (tertiary/aromatic N) is 1. The van der Waals surface area contributed by atoms with Crippen LogP contribution in [0.3, 0.4) is 0 Å². The maximum atomic E-state index is 13.5. The molecule has 0 amide bonds. The molecule has 2 nitrogen and oxygen atoms in total. The molecule has 1 heterocycles. The van der Waals surface area contributed by atoms with Crippen LogP contribution in [-0.2, 0) is 0 Å². The molecule has 1 aliphatic heterocycles. The van der Waals surface area contributed by atoms with Gasteiger partial charge in [0.25, 0.3) is 0 Å². The summed E-state index contributed by atoms with van der Waals surface area (Å²) in [6, 6.07) is 7.28. The lowest BCUT2D eigenvalue weighted by molar-refractivity contribution is 0.248. The fourth-order valence-corrected chi connectivity index (χ4v) is 4.07. The van der Waals surface area contributed by atoms with Crippen molar-refractivity contribution in [2.24, 2.45) is 5.41 Å². The Morgan fingerprint density at radius 3 is 2.68 bits per heavy atom. The van der Waals surface area contributed by atoms with Crippen molar-refractivity contribution in [1.29, 1.82) is 5.26 Å². The fraction of sp³-hybridized carbons (Fsp3) is 0.533. The van der Waals surface area contributed by atoms with Crippen LogP contribution in [0, 0.1) is 29.5 Å². The maximum Gasteiger partial charge on any atom is 0.139 e. The van der Waals surface area contributed by atoms with Crippen molar-refractivity contribution >= 4 is 17.4 Å². The summed E-state index contributed by atoms with van der Waals surface area (Å²) in [6.07, 6.45) is 0.979. The standard InChI is InChI=1S/C15H19FN2S/c1-11-6-12(16)8-13(7-11)18-15(9-17)10-19-5-4-14(15,2)3/h6-8,18H,4-5,10H2,1-3H3. The molecule has 102 valence electrons. The first-order chi connectivity index (χ1) is 8.88. The van der Waals surface area contributed by atoms with Crippen LogP contribution in [0.5, 0.6) is 0 Å². The summed E-state index contributed by atoms with van der Waals surface area (Å²) in [5.74, 6) is 1.53. The molecule has 1 saturated heterocycles. The molecular weight excluding hydrogens is 259 g/mol. The van der Waals surface area contributed by atoms with Gasteiger partial charge < -0.3 is 5.32 Å². The zero-order valence-corrected chi connectivity index (χ0v) is 12.4. The second-order valence-corrected chi connectivity index (χ2v) is 6.95. The van der Waals surface area contributed by atoms with Crippen LogP contribution >= 0.6 is 11.8 Å². The molecule has 0 spiro atoms. The summed E-state index contributed by atoms with van der Waals surface area (Å²) >= 11 is 1.78. The number of halogens is 1. The SMILES string of the molecule is Cc1cc(F)cc(NC2(C#N)CSCCC2(C)C)c1. The Labute approximate surface area is 118 Å². The van der Waals surface area contributed by atoms with Crippen LogP contribution < -0.4 is 5.32 Å². The number of aryl methyl sites for hydroxylation is 1. The lowest BCUT2D eigenvalue weighted by Gasteiger charge is -2.46. The molecule has 1 fully saturated rings. The van der Waals surface area contributed by atoms with Gasteiger partial charge in [0.15, 0.2) is 0 Å². The van der Waals surface area contributed by atoms with E-state index < -0.39 is 5.54 Å². The first kappa shape index (κ1) is 14.2. The summed E-state index contributed by atoms with van der Waals surface area (Å²) in [5.41, 5.74) is 0.773. The molecule has 19 heavy (non-hydrogen) atoms. The lowest BCUT2D eigenvalue weighted by atomic mass is 9.71. The van der Waals surface area contributed by atoms with Gasteiger partial charge in [-0.3, -0.25) is 0 Å².